The molecule has 0 spiro atoms. The van der Waals surface area contributed by atoms with Crippen LogP contribution in [0.2, 0.25) is 0 Å². The van der Waals surface area contributed by atoms with E-state index in [1.54, 1.807) is 0 Å². The van der Waals surface area contributed by atoms with Crippen molar-refractivity contribution in [3.63, 3.8) is 0 Å². The zero-order chi connectivity index (χ0) is 10.4. The van der Waals surface area contributed by atoms with E-state index < -0.39 is 0 Å². The molecule has 6 atom stereocenters. The monoisotopic (exact) mass is 245 g/mol. The van der Waals surface area contributed by atoms with Gasteiger partial charge >= 0.3 is 0 Å². The van der Waals surface area contributed by atoms with Crippen LogP contribution in [0.3, 0.4) is 0 Å². The molecule has 0 amide bonds. The number of fused-ring (bicyclic) bond motifs is 3. The highest BCUT2D eigenvalue weighted by Crippen LogP contribution is 2.44. The number of rotatable bonds is 0. The number of hydrogen-bond acceptors (Lipinski definition) is 1. The van der Waals surface area contributed by atoms with Crippen molar-refractivity contribution in [3.8, 4) is 0 Å². The summed E-state index contributed by atoms with van der Waals surface area (Å²) in [6.45, 7) is 4.72. The molecular formula is C13H24ClNO. The molecule has 6 unspecified atom stereocenters. The van der Waals surface area contributed by atoms with E-state index in [4.69, 9.17) is 4.74 Å². The van der Waals surface area contributed by atoms with E-state index in [-0.39, 0.29) is 12.4 Å². The number of nitrogens with one attached hydrogen (secondary N) is 1. The van der Waals surface area contributed by atoms with Crippen LogP contribution in [-0.4, -0.2) is 23.1 Å². The Bertz CT molecular complexity index is 248. The molecule has 3 rings (SSSR count). The largest absolute Gasteiger partial charge is 1.00 e. The molecule has 1 saturated carbocycles. The average molecular weight is 246 g/mol. The summed E-state index contributed by atoms with van der Waals surface area (Å²) in [4.78, 5) is 0. The number of aliphatic hydroxyl groups is 2. The highest BCUT2D eigenvalue weighted by atomic mass is 35.5. The summed E-state index contributed by atoms with van der Waals surface area (Å²) in [5.74, 6) is 2.67. The van der Waals surface area contributed by atoms with Gasteiger partial charge in [-0.05, 0) is 24.7 Å². The Labute approximate surface area is 105 Å². The third-order valence-corrected chi connectivity index (χ3v) is 4.85. The van der Waals surface area contributed by atoms with E-state index in [1.807, 2.05) is 0 Å². The molecule has 2 saturated heterocycles. The van der Waals surface area contributed by atoms with E-state index >= 15 is 0 Å². The quantitative estimate of drug-likeness (QED) is 0.547. The summed E-state index contributed by atoms with van der Waals surface area (Å²) in [6.07, 6.45) is 8.12. The standard InChI is InChI=1S/C13H23NO.ClH/c1-8-7-9(2)15-13-12(8)10-5-3-4-6-11(10)14-13;/h8-14H,3-7H2,1-2H3;1H. The molecule has 2 N–H and O–H groups in total. The fraction of sp³-hybridized carbons (Fsp3) is 1.00. The summed E-state index contributed by atoms with van der Waals surface area (Å²) in [5, 5.41) is 3.79. The van der Waals surface area contributed by atoms with Crippen molar-refractivity contribution in [3.05, 3.63) is 0 Å². The Morgan fingerprint density at radius 1 is 1.12 bits per heavy atom. The molecule has 2 heterocycles. The van der Waals surface area contributed by atoms with E-state index in [0.717, 1.165) is 23.8 Å². The van der Waals surface area contributed by atoms with Gasteiger partial charge in [0.15, 0.2) is 6.10 Å². The van der Waals surface area contributed by atoms with Gasteiger partial charge < -0.3 is 17.1 Å². The lowest BCUT2D eigenvalue weighted by Crippen LogP contribution is -3.00. The van der Waals surface area contributed by atoms with Crippen LogP contribution in [0.1, 0.15) is 46.0 Å². The first-order valence-corrected chi connectivity index (χ1v) is 6.71. The van der Waals surface area contributed by atoms with Crippen molar-refractivity contribution in [1.82, 2.24) is 5.32 Å². The van der Waals surface area contributed by atoms with Gasteiger partial charge in [-0.2, -0.15) is 0 Å². The summed E-state index contributed by atoms with van der Waals surface area (Å²) in [7, 11) is 0. The molecule has 2 nitrogen and oxygen atoms in total. The van der Waals surface area contributed by atoms with Gasteiger partial charge in [0, 0.05) is 19.4 Å². The molecule has 3 aliphatic rings. The molecule has 1 aliphatic carbocycles. The Hall–Kier alpha value is 0.210. The Kier molecular flexibility index (Phi) is 3.82. The van der Waals surface area contributed by atoms with Crippen LogP contribution in [0.25, 0.3) is 0 Å². The summed E-state index contributed by atoms with van der Waals surface area (Å²) in [5.41, 5.74) is 0. The number of ether oxygens (including phenoxy) is 1. The van der Waals surface area contributed by atoms with Crippen molar-refractivity contribution in [2.75, 3.05) is 0 Å². The lowest BCUT2D eigenvalue weighted by atomic mass is 9.72. The molecule has 0 aromatic carbocycles. The van der Waals surface area contributed by atoms with Gasteiger partial charge in [0.05, 0.1) is 5.92 Å². The minimum absolute atomic E-state index is 0. The summed E-state index contributed by atoms with van der Waals surface area (Å²) >= 11 is 0. The molecule has 16 heavy (non-hydrogen) atoms. The van der Waals surface area contributed by atoms with Gasteiger partial charge in [-0.3, -0.25) is 0 Å². The van der Waals surface area contributed by atoms with Crippen molar-refractivity contribution < 1.29 is 17.1 Å². The summed E-state index contributed by atoms with van der Waals surface area (Å²) in [6, 6.07) is 0.797. The van der Waals surface area contributed by atoms with Crippen LogP contribution in [0.15, 0.2) is 0 Å². The molecule has 0 aromatic rings. The van der Waals surface area contributed by atoms with Gasteiger partial charge in [-0.15, -0.1) is 0 Å². The third kappa shape index (κ3) is 2.00. The Morgan fingerprint density at radius 2 is 1.88 bits per heavy atom. The fourth-order valence-corrected chi connectivity index (χ4v) is 4.30. The highest BCUT2D eigenvalue weighted by Gasteiger charge is 2.52. The third-order valence-electron chi connectivity index (χ3n) is 4.85. The maximum atomic E-state index is 4.91. The molecule has 0 bridgehead atoms. The normalized spacial score (nSPS) is 51.4. The molecule has 0 radical (unpaired) electrons. The average Bonchev–Trinajstić information content (AvgIpc) is 2.54. The first-order chi connectivity index (χ1) is 7.25. The molecule has 0 aromatic heterocycles. The Morgan fingerprint density at radius 3 is 2.69 bits per heavy atom. The van der Waals surface area contributed by atoms with Crippen LogP contribution in [0, 0.1) is 17.8 Å². The van der Waals surface area contributed by atoms with Crippen LogP contribution in [0.5, 0.6) is 0 Å². The fourth-order valence-electron chi connectivity index (χ4n) is 4.30. The van der Waals surface area contributed by atoms with E-state index in [0.29, 0.717) is 12.3 Å². The topological polar surface area (TPSA) is 24.8 Å². The van der Waals surface area contributed by atoms with Crippen molar-refractivity contribution in [1.29, 1.82) is 0 Å². The second-order valence-corrected chi connectivity index (χ2v) is 5.95. The van der Waals surface area contributed by atoms with Gasteiger partial charge in [0.25, 0.3) is 0 Å². The summed E-state index contributed by atoms with van der Waals surface area (Å²) < 4.78 is 4.91. The second-order valence-electron chi connectivity index (χ2n) is 5.95. The number of hydrogen-bond donors (Lipinski definition) is 1. The molecule has 3 fully saturated rings. The maximum Gasteiger partial charge on any atom is 0.215 e. The van der Waals surface area contributed by atoms with E-state index in [1.165, 1.54) is 32.1 Å². The van der Waals surface area contributed by atoms with Crippen molar-refractivity contribution in [2.45, 2.75) is 64.3 Å². The predicted molar refractivity (Wildman–Crippen MR) is 61.6 cm³/mol. The van der Waals surface area contributed by atoms with Crippen molar-refractivity contribution in [2.24, 2.45) is 17.8 Å². The van der Waals surface area contributed by atoms with Crippen LogP contribution in [0.4, 0.5) is 0 Å². The second kappa shape index (κ2) is 4.83. The smallest absolute Gasteiger partial charge is 0.215 e. The minimum atomic E-state index is 0. The number of halogens is 1. The molecule has 2 aliphatic heterocycles. The zero-order valence-corrected chi connectivity index (χ0v) is 11.1. The van der Waals surface area contributed by atoms with Crippen molar-refractivity contribution >= 4 is 0 Å². The van der Waals surface area contributed by atoms with E-state index in [2.05, 4.69) is 19.2 Å². The lowest BCUT2D eigenvalue weighted by Gasteiger charge is -2.35. The van der Waals surface area contributed by atoms with E-state index in [9.17, 15) is 0 Å². The predicted octanol–water partition coefficient (Wildman–Crippen LogP) is -0.949. The van der Waals surface area contributed by atoms with Crippen LogP contribution < -0.4 is 17.7 Å². The van der Waals surface area contributed by atoms with Gasteiger partial charge in [-0.25, -0.2) is 5.32 Å². The zero-order valence-electron chi connectivity index (χ0n) is 10.3. The first-order valence-electron chi connectivity index (χ1n) is 6.71. The lowest BCUT2D eigenvalue weighted by molar-refractivity contribution is -0.220. The molecule has 94 valence electrons. The molecular weight excluding hydrogens is 222 g/mol. The minimum Gasteiger partial charge on any atom is -1.00 e. The van der Waals surface area contributed by atoms with Gasteiger partial charge in [0.1, 0.15) is 0 Å². The molecule has 3 heteroatoms. The SMILES string of the molecule is CC1CC(C)C2C(NC3CCCCC32)[OH+]1.[Cl-]. The van der Waals surface area contributed by atoms with Crippen LogP contribution >= 0.6 is 0 Å². The maximum absolute atomic E-state index is 4.91. The van der Waals surface area contributed by atoms with Crippen LogP contribution in [-0.2, 0) is 0 Å². The highest BCUT2D eigenvalue weighted by molar-refractivity contribution is 4.99. The Balaban J connectivity index is 0.000000963. The first kappa shape index (κ1) is 12.7. The van der Waals surface area contributed by atoms with Gasteiger partial charge in [-0.1, -0.05) is 19.8 Å². The van der Waals surface area contributed by atoms with Gasteiger partial charge in [0.2, 0.25) is 6.23 Å².